The van der Waals surface area contributed by atoms with Crippen LogP contribution in [0.3, 0.4) is 0 Å². The van der Waals surface area contributed by atoms with Crippen molar-refractivity contribution in [3.8, 4) is 0 Å². The van der Waals surface area contributed by atoms with Gasteiger partial charge in [-0.15, -0.1) is 0 Å². The van der Waals surface area contributed by atoms with Crippen molar-refractivity contribution < 1.29 is 9.59 Å². The van der Waals surface area contributed by atoms with E-state index in [4.69, 9.17) is 0 Å². The summed E-state index contributed by atoms with van der Waals surface area (Å²) in [5, 5.41) is 5.94. The fraction of sp³-hybridized carbons (Fsp3) is 0.429. The van der Waals surface area contributed by atoms with Gasteiger partial charge in [0.15, 0.2) is 0 Å². The van der Waals surface area contributed by atoms with Gasteiger partial charge in [0.05, 0.1) is 17.9 Å². The van der Waals surface area contributed by atoms with Gasteiger partial charge in [0.25, 0.3) is 0 Å². The smallest absolute Gasteiger partial charge is 0.246 e. The number of amides is 2. The van der Waals surface area contributed by atoms with Crippen LogP contribution in [-0.4, -0.2) is 31.4 Å². The molecule has 100 valence electrons. The van der Waals surface area contributed by atoms with Crippen LogP contribution in [0.4, 0.5) is 11.4 Å². The Morgan fingerprint density at radius 1 is 1.37 bits per heavy atom. The summed E-state index contributed by atoms with van der Waals surface area (Å²) in [6, 6.07) is 7.55. The number of nitrogens with zero attached hydrogens (tertiary/aromatic N) is 1. The van der Waals surface area contributed by atoms with E-state index in [9.17, 15) is 9.59 Å². The summed E-state index contributed by atoms with van der Waals surface area (Å²) in [5.74, 6) is 0.493. The largest absolute Gasteiger partial charge is 0.374 e. The summed E-state index contributed by atoms with van der Waals surface area (Å²) < 4.78 is 0. The van der Waals surface area contributed by atoms with Crippen LogP contribution < -0.4 is 15.5 Å². The van der Waals surface area contributed by atoms with Crippen molar-refractivity contribution in [1.82, 2.24) is 5.32 Å². The van der Waals surface area contributed by atoms with Crippen LogP contribution in [0.1, 0.15) is 12.8 Å². The summed E-state index contributed by atoms with van der Waals surface area (Å²) in [4.78, 5) is 25.3. The van der Waals surface area contributed by atoms with E-state index in [0.717, 1.165) is 17.9 Å². The van der Waals surface area contributed by atoms with E-state index >= 15 is 0 Å². The van der Waals surface area contributed by atoms with E-state index < -0.39 is 0 Å². The lowest BCUT2D eigenvalue weighted by atomic mass is 10.2. The predicted molar refractivity (Wildman–Crippen MR) is 73.0 cm³/mol. The van der Waals surface area contributed by atoms with Gasteiger partial charge in [0.2, 0.25) is 11.8 Å². The Morgan fingerprint density at radius 3 is 2.95 bits per heavy atom. The first-order valence-corrected chi connectivity index (χ1v) is 6.64. The minimum atomic E-state index is -0.0862. The third kappa shape index (κ3) is 2.70. The molecule has 0 saturated heterocycles. The Morgan fingerprint density at radius 2 is 2.16 bits per heavy atom. The Kier molecular flexibility index (Phi) is 3.11. The molecular formula is C14H17N3O2. The van der Waals surface area contributed by atoms with E-state index in [1.807, 2.05) is 24.3 Å². The number of carbonyl (C=O) groups is 2. The Balaban J connectivity index is 1.68. The maximum atomic E-state index is 11.9. The monoisotopic (exact) mass is 259 g/mol. The lowest BCUT2D eigenvalue weighted by molar-refractivity contribution is -0.123. The van der Waals surface area contributed by atoms with Gasteiger partial charge in [0.1, 0.15) is 6.54 Å². The lowest BCUT2D eigenvalue weighted by Gasteiger charge is -2.29. The molecule has 1 heterocycles. The van der Waals surface area contributed by atoms with Gasteiger partial charge >= 0.3 is 0 Å². The zero-order valence-electron chi connectivity index (χ0n) is 10.7. The molecule has 1 aliphatic heterocycles. The van der Waals surface area contributed by atoms with E-state index in [1.165, 1.54) is 12.8 Å². The topological polar surface area (TPSA) is 61.4 Å². The van der Waals surface area contributed by atoms with Crippen molar-refractivity contribution >= 4 is 23.2 Å². The summed E-state index contributed by atoms with van der Waals surface area (Å²) in [7, 11) is 0. The molecule has 0 aromatic heterocycles. The molecular weight excluding hydrogens is 242 g/mol. The maximum Gasteiger partial charge on any atom is 0.246 e. The standard InChI is InChI=1S/C14H17N3O2/c18-13(16-7-10-5-6-10)9-17-12-4-2-1-3-11(12)15-8-14(17)19/h1-4,10,15H,5-9H2,(H,16,18). The Labute approximate surface area is 112 Å². The number of nitrogens with one attached hydrogen (secondary N) is 2. The van der Waals surface area contributed by atoms with Crippen LogP contribution in [0.2, 0.25) is 0 Å². The number of hydrogen-bond acceptors (Lipinski definition) is 3. The number of para-hydroxylation sites is 2. The molecule has 1 aliphatic carbocycles. The highest BCUT2D eigenvalue weighted by Gasteiger charge is 2.26. The van der Waals surface area contributed by atoms with Gasteiger partial charge in [-0.1, -0.05) is 12.1 Å². The highest BCUT2D eigenvalue weighted by Crippen LogP contribution is 2.29. The van der Waals surface area contributed by atoms with E-state index in [0.29, 0.717) is 5.92 Å². The summed E-state index contributed by atoms with van der Waals surface area (Å²) in [5.41, 5.74) is 1.68. The molecule has 0 radical (unpaired) electrons. The van der Waals surface area contributed by atoms with Gasteiger partial charge in [-0.2, -0.15) is 0 Å². The van der Waals surface area contributed by atoms with Crippen molar-refractivity contribution in [2.75, 3.05) is 29.9 Å². The number of anilines is 2. The number of fused-ring (bicyclic) bond motifs is 1. The van der Waals surface area contributed by atoms with Crippen LogP contribution in [0.25, 0.3) is 0 Å². The van der Waals surface area contributed by atoms with Crippen molar-refractivity contribution in [1.29, 1.82) is 0 Å². The zero-order valence-corrected chi connectivity index (χ0v) is 10.7. The van der Waals surface area contributed by atoms with Gasteiger partial charge in [-0.05, 0) is 30.9 Å². The molecule has 2 aliphatic rings. The first kappa shape index (κ1) is 12.0. The summed E-state index contributed by atoms with van der Waals surface area (Å²) in [6.07, 6.45) is 2.41. The lowest BCUT2D eigenvalue weighted by Crippen LogP contribution is -2.46. The van der Waals surface area contributed by atoms with Crippen molar-refractivity contribution in [3.63, 3.8) is 0 Å². The average molecular weight is 259 g/mol. The van der Waals surface area contributed by atoms with Gasteiger partial charge in [-0.3, -0.25) is 14.5 Å². The Bertz CT molecular complexity index is 511. The minimum Gasteiger partial charge on any atom is -0.374 e. The molecule has 1 aromatic rings. The molecule has 5 nitrogen and oxygen atoms in total. The molecule has 1 aromatic carbocycles. The Hall–Kier alpha value is -2.04. The summed E-state index contributed by atoms with van der Waals surface area (Å²) in [6.45, 7) is 1.08. The van der Waals surface area contributed by atoms with Gasteiger partial charge < -0.3 is 10.6 Å². The van der Waals surface area contributed by atoms with E-state index in [1.54, 1.807) is 4.90 Å². The van der Waals surface area contributed by atoms with Crippen molar-refractivity contribution in [2.45, 2.75) is 12.8 Å². The number of benzene rings is 1. The van der Waals surface area contributed by atoms with Crippen LogP contribution in [0, 0.1) is 5.92 Å². The fourth-order valence-corrected chi connectivity index (χ4v) is 2.21. The molecule has 1 saturated carbocycles. The van der Waals surface area contributed by atoms with Crippen LogP contribution in [0.15, 0.2) is 24.3 Å². The second kappa shape index (κ2) is 4.91. The molecule has 0 atom stereocenters. The highest BCUT2D eigenvalue weighted by atomic mass is 16.2. The molecule has 0 bridgehead atoms. The van der Waals surface area contributed by atoms with Gasteiger partial charge in [0, 0.05) is 6.54 Å². The third-order valence-corrected chi connectivity index (χ3v) is 3.51. The van der Waals surface area contributed by atoms with Crippen LogP contribution in [0.5, 0.6) is 0 Å². The quantitative estimate of drug-likeness (QED) is 0.847. The van der Waals surface area contributed by atoms with Crippen molar-refractivity contribution in [2.24, 2.45) is 5.92 Å². The molecule has 2 amide bonds. The van der Waals surface area contributed by atoms with Crippen LogP contribution in [-0.2, 0) is 9.59 Å². The maximum absolute atomic E-state index is 11.9. The molecule has 3 rings (SSSR count). The van der Waals surface area contributed by atoms with E-state index in [2.05, 4.69) is 10.6 Å². The molecule has 2 N–H and O–H groups in total. The third-order valence-electron chi connectivity index (χ3n) is 3.51. The molecule has 0 unspecified atom stereocenters. The molecule has 19 heavy (non-hydrogen) atoms. The number of carbonyl (C=O) groups excluding carboxylic acids is 2. The van der Waals surface area contributed by atoms with Crippen LogP contribution >= 0.6 is 0 Å². The highest BCUT2D eigenvalue weighted by molar-refractivity contribution is 6.05. The molecule has 0 spiro atoms. The zero-order chi connectivity index (χ0) is 13.2. The number of rotatable bonds is 4. The number of hydrogen-bond donors (Lipinski definition) is 2. The summed E-state index contributed by atoms with van der Waals surface area (Å²) >= 11 is 0. The second-order valence-electron chi connectivity index (χ2n) is 5.10. The fourth-order valence-electron chi connectivity index (χ4n) is 2.21. The van der Waals surface area contributed by atoms with Gasteiger partial charge in [-0.25, -0.2) is 0 Å². The first-order chi connectivity index (χ1) is 9.24. The minimum absolute atomic E-state index is 0.0692. The predicted octanol–water partition coefficient (Wildman–Crippen LogP) is 0.971. The second-order valence-corrected chi connectivity index (χ2v) is 5.10. The van der Waals surface area contributed by atoms with E-state index in [-0.39, 0.29) is 24.9 Å². The SMILES string of the molecule is O=C(CN1C(=O)CNc2ccccc21)NCC1CC1. The normalized spacial score (nSPS) is 17.7. The molecule has 5 heteroatoms. The van der Waals surface area contributed by atoms with Crippen molar-refractivity contribution in [3.05, 3.63) is 24.3 Å². The average Bonchev–Trinajstić information content (AvgIpc) is 3.24. The first-order valence-electron chi connectivity index (χ1n) is 6.64. The molecule has 1 fully saturated rings.